The standard InChI is InChI=1S/C16H15ClN2O3S2/c17-14-6-5-10(24-14)8-23-9-15(20)19-7-13(16(18)21)22-12-4-2-1-3-11(12)19/h1-6,13H,7-9H2,(H2,18,21)/t13-/m0/s1. The van der Waals surface area contributed by atoms with Gasteiger partial charge in [0.15, 0.2) is 6.10 Å². The summed E-state index contributed by atoms with van der Waals surface area (Å²) >= 11 is 8.92. The van der Waals surface area contributed by atoms with E-state index in [4.69, 9.17) is 22.1 Å². The molecule has 0 saturated heterocycles. The van der Waals surface area contributed by atoms with Gasteiger partial charge in [-0.1, -0.05) is 23.7 Å². The fourth-order valence-corrected chi connectivity index (χ4v) is 4.46. The van der Waals surface area contributed by atoms with Gasteiger partial charge in [-0.25, -0.2) is 0 Å². The lowest BCUT2D eigenvalue weighted by molar-refractivity contribution is -0.125. The van der Waals surface area contributed by atoms with Gasteiger partial charge in [0.05, 0.1) is 22.3 Å². The molecule has 0 radical (unpaired) electrons. The van der Waals surface area contributed by atoms with E-state index in [-0.39, 0.29) is 12.5 Å². The van der Waals surface area contributed by atoms with Gasteiger partial charge in [0.2, 0.25) is 5.91 Å². The molecule has 2 heterocycles. The number of rotatable bonds is 5. The van der Waals surface area contributed by atoms with Crippen LogP contribution < -0.4 is 15.4 Å². The zero-order valence-corrected chi connectivity index (χ0v) is 15.0. The molecule has 0 fully saturated rings. The van der Waals surface area contributed by atoms with Crippen molar-refractivity contribution in [1.82, 2.24) is 0 Å². The van der Waals surface area contributed by atoms with Gasteiger partial charge in [0.25, 0.3) is 5.91 Å². The van der Waals surface area contributed by atoms with Gasteiger partial charge in [0, 0.05) is 10.6 Å². The van der Waals surface area contributed by atoms with Crippen molar-refractivity contribution in [2.24, 2.45) is 5.73 Å². The quantitative estimate of drug-likeness (QED) is 0.862. The minimum absolute atomic E-state index is 0.0790. The second-order valence-electron chi connectivity index (χ2n) is 5.18. The van der Waals surface area contributed by atoms with Crippen LogP contribution in [0.5, 0.6) is 5.75 Å². The van der Waals surface area contributed by atoms with Crippen LogP contribution in [0.1, 0.15) is 4.88 Å². The summed E-state index contributed by atoms with van der Waals surface area (Å²) in [5, 5.41) is 0. The Morgan fingerprint density at radius 2 is 2.12 bits per heavy atom. The van der Waals surface area contributed by atoms with E-state index < -0.39 is 12.0 Å². The van der Waals surface area contributed by atoms with Crippen molar-refractivity contribution >= 4 is 52.2 Å². The van der Waals surface area contributed by atoms with E-state index in [1.54, 1.807) is 23.1 Å². The highest BCUT2D eigenvalue weighted by Gasteiger charge is 2.32. The van der Waals surface area contributed by atoms with Crippen molar-refractivity contribution in [2.45, 2.75) is 11.9 Å². The van der Waals surface area contributed by atoms with Gasteiger partial charge in [-0.05, 0) is 24.3 Å². The number of benzene rings is 1. The summed E-state index contributed by atoms with van der Waals surface area (Å²) in [5.74, 6) is 0.854. The SMILES string of the molecule is NC(=O)[C@@H]1CN(C(=O)CSCc2ccc(Cl)s2)c2ccccc2O1. The highest BCUT2D eigenvalue weighted by Crippen LogP contribution is 2.33. The summed E-state index contributed by atoms with van der Waals surface area (Å²) in [6.07, 6.45) is -0.829. The number of thioether (sulfide) groups is 1. The number of anilines is 1. The van der Waals surface area contributed by atoms with Gasteiger partial charge in [-0.2, -0.15) is 0 Å². The molecule has 1 aliphatic rings. The fourth-order valence-electron chi connectivity index (χ4n) is 2.36. The molecule has 8 heteroatoms. The number of carbonyl (C=O) groups excluding carboxylic acids is 2. The summed E-state index contributed by atoms with van der Waals surface area (Å²) in [7, 11) is 0. The van der Waals surface area contributed by atoms with E-state index in [2.05, 4.69) is 0 Å². The first-order valence-electron chi connectivity index (χ1n) is 7.22. The van der Waals surface area contributed by atoms with Crippen LogP contribution in [-0.4, -0.2) is 30.2 Å². The predicted octanol–water partition coefficient (Wildman–Crippen LogP) is 2.91. The Kier molecular flexibility index (Phi) is 5.33. The van der Waals surface area contributed by atoms with Crippen LogP contribution in [0.25, 0.3) is 0 Å². The van der Waals surface area contributed by atoms with Crippen molar-refractivity contribution in [3.8, 4) is 5.75 Å². The summed E-state index contributed by atoms with van der Waals surface area (Å²) in [4.78, 5) is 26.8. The van der Waals surface area contributed by atoms with Crippen molar-refractivity contribution in [1.29, 1.82) is 0 Å². The molecule has 0 spiro atoms. The number of hydrogen-bond donors (Lipinski definition) is 1. The predicted molar refractivity (Wildman–Crippen MR) is 97.9 cm³/mol. The average molecular weight is 383 g/mol. The van der Waals surface area contributed by atoms with E-state index >= 15 is 0 Å². The van der Waals surface area contributed by atoms with Gasteiger partial charge in [0.1, 0.15) is 5.75 Å². The fraction of sp³-hybridized carbons (Fsp3) is 0.250. The summed E-state index contributed by atoms with van der Waals surface area (Å²) < 4.78 is 6.30. The van der Waals surface area contributed by atoms with E-state index in [0.717, 1.165) is 9.21 Å². The van der Waals surface area contributed by atoms with Crippen LogP contribution in [0.15, 0.2) is 36.4 Å². The Labute approximate surface area is 152 Å². The minimum atomic E-state index is -0.829. The Balaban J connectivity index is 1.67. The first kappa shape index (κ1) is 17.1. The molecule has 2 amide bonds. The molecule has 1 aliphatic heterocycles. The maximum absolute atomic E-state index is 12.6. The highest BCUT2D eigenvalue weighted by atomic mass is 35.5. The average Bonchev–Trinajstić information content (AvgIpc) is 2.99. The van der Waals surface area contributed by atoms with E-state index in [1.165, 1.54) is 23.1 Å². The largest absolute Gasteiger partial charge is 0.477 e. The lowest BCUT2D eigenvalue weighted by Gasteiger charge is -2.33. The molecule has 24 heavy (non-hydrogen) atoms. The van der Waals surface area contributed by atoms with Crippen LogP contribution in [0, 0.1) is 0 Å². The summed E-state index contributed by atoms with van der Waals surface area (Å²) in [6, 6.07) is 10.9. The maximum atomic E-state index is 12.6. The van der Waals surface area contributed by atoms with Crippen LogP contribution in [-0.2, 0) is 15.3 Å². The molecule has 3 rings (SSSR count). The van der Waals surface area contributed by atoms with Gasteiger partial charge < -0.3 is 15.4 Å². The normalized spacial score (nSPS) is 16.4. The van der Waals surface area contributed by atoms with Gasteiger partial charge >= 0.3 is 0 Å². The van der Waals surface area contributed by atoms with Crippen molar-refractivity contribution in [3.63, 3.8) is 0 Å². The molecule has 2 aromatic rings. The highest BCUT2D eigenvalue weighted by molar-refractivity contribution is 7.99. The van der Waals surface area contributed by atoms with Crippen LogP contribution in [0.2, 0.25) is 4.34 Å². The maximum Gasteiger partial charge on any atom is 0.260 e. The molecule has 5 nitrogen and oxygen atoms in total. The molecular weight excluding hydrogens is 368 g/mol. The first-order valence-corrected chi connectivity index (χ1v) is 9.57. The molecular formula is C16H15ClN2O3S2. The van der Waals surface area contributed by atoms with Crippen molar-refractivity contribution < 1.29 is 14.3 Å². The molecule has 0 unspecified atom stereocenters. The number of ether oxygens (including phenoxy) is 1. The Hall–Kier alpha value is -1.70. The zero-order chi connectivity index (χ0) is 17.1. The summed E-state index contributed by atoms with van der Waals surface area (Å²) in [5.41, 5.74) is 6.01. The molecule has 1 aromatic heterocycles. The number of thiophene rings is 1. The zero-order valence-electron chi connectivity index (χ0n) is 12.6. The third kappa shape index (κ3) is 3.85. The minimum Gasteiger partial charge on any atom is -0.477 e. The number of nitrogens with two attached hydrogens (primary N) is 1. The Morgan fingerprint density at radius 3 is 2.83 bits per heavy atom. The van der Waals surface area contributed by atoms with E-state index in [0.29, 0.717) is 22.9 Å². The van der Waals surface area contributed by atoms with Gasteiger partial charge in [-0.15, -0.1) is 23.1 Å². The van der Waals surface area contributed by atoms with Crippen molar-refractivity contribution in [3.05, 3.63) is 45.6 Å². The van der Waals surface area contributed by atoms with E-state index in [1.807, 2.05) is 18.2 Å². The number of carbonyl (C=O) groups is 2. The van der Waals surface area contributed by atoms with Crippen molar-refractivity contribution in [2.75, 3.05) is 17.2 Å². The third-order valence-corrected chi connectivity index (χ3v) is 5.87. The topological polar surface area (TPSA) is 72.6 Å². The van der Waals surface area contributed by atoms with E-state index in [9.17, 15) is 9.59 Å². The molecule has 0 saturated carbocycles. The number of fused-ring (bicyclic) bond motifs is 1. The molecule has 126 valence electrons. The number of primary amides is 1. The Bertz CT molecular complexity index is 765. The number of nitrogens with zero attached hydrogens (tertiary/aromatic N) is 1. The first-order chi connectivity index (χ1) is 11.5. The van der Waals surface area contributed by atoms with Crippen LogP contribution in [0.4, 0.5) is 5.69 Å². The molecule has 1 aromatic carbocycles. The van der Waals surface area contributed by atoms with Gasteiger partial charge in [-0.3, -0.25) is 9.59 Å². The van der Waals surface area contributed by atoms with Crippen LogP contribution in [0.3, 0.4) is 0 Å². The molecule has 0 bridgehead atoms. The van der Waals surface area contributed by atoms with Crippen LogP contribution >= 0.6 is 34.7 Å². The second kappa shape index (κ2) is 7.46. The monoisotopic (exact) mass is 382 g/mol. The lowest BCUT2D eigenvalue weighted by Crippen LogP contribution is -2.49. The third-order valence-electron chi connectivity index (χ3n) is 3.49. The molecule has 2 N–H and O–H groups in total. The molecule has 1 atom stereocenters. The number of para-hydroxylation sites is 2. The number of amides is 2. The number of halogens is 1. The second-order valence-corrected chi connectivity index (χ2v) is 7.96. The summed E-state index contributed by atoms with van der Waals surface area (Å²) in [6.45, 7) is 0.135. The Morgan fingerprint density at radius 1 is 1.33 bits per heavy atom. The number of hydrogen-bond acceptors (Lipinski definition) is 5. The lowest BCUT2D eigenvalue weighted by atomic mass is 10.2. The smallest absolute Gasteiger partial charge is 0.260 e. The molecule has 0 aliphatic carbocycles.